The molecule has 0 saturated carbocycles. The second-order valence-corrected chi connectivity index (χ2v) is 13.9. The van der Waals surface area contributed by atoms with Crippen LogP contribution in [-0.2, 0) is 25.5 Å². The van der Waals surface area contributed by atoms with E-state index in [0.29, 0.717) is 48.1 Å². The van der Waals surface area contributed by atoms with Crippen LogP contribution in [0.3, 0.4) is 0 Å². The first-order chi connectivity index (χ1) is 21.9. The van der Waals surface area contributed by atoms with Crippen molar-refractivity contribution in [2.45, 2.75) is 76.7 Å². The monoisotopic (exact) mass is 654 g/mol. The second-order valence-electron chi connectivity index (χ2n) is 12.9. The number of hydrogen-bond donors (Lipinski definition) is 3. The number of nitrogens with one attached hydrogen (secondary N) is 2. The summed E-state index contributed by atoms with van der Waals surface area (Å²) in [7, 11) is 0. The van der Waals surface area contributed by atoms with Gasteiger partial charge in [-0.3, -0.25) is 4.79 Å². The fourth-order valence-electron chi connectivity index (χ4n) is 5.79. The Morgan fingerprint density at radius 2 is 1.66 bits per heavy atom. The van der Waals surface area contributed by atoms with Crippen LogP contribution in [0.15, 0.2) is 72.8 Å². The van der Waals surface area contributed by atoms with E-state index >= 15 is 0 Å². The zero-order chi connectivity index (χ0) is 33.3. The zero-order valence-corrected chi connectivity index (χ0v) is 29.2. The average molecular weight is 655 g/mol. The van der Waals surface area contributed by atoms with Crippen LogP contribution in [0.4, 0.5) is 0 Å². The molecule has 1 saturated heterocycles. The number of benzene rings is 3. The Morgan fingerprint density at radius 1 is 1.00 bits per heavy atom. The van der Waals surface area contributed by atoms with E-state index in [2.05, 4.69) is 22.8 Å². The number of aryl methyl sites for hydroxylation is 1. The quantitative estimate of drug-likeness (QED) is 0.190. The number of thioether (sulfide) groups is 1. The molecule has 8 nitrogen and oxygen atoms in total. The summed E-state index contributed by atoms with van der Waals surface area (Å²) in [4.78, 5) is 39.6. The van der Waals surface area contributed by atoms with Crippen LogP contribution < -0.4 is 29.5 Å². The first kappa shape index (κ1) is 38.4. The topological polar surface area (TPSA) is 114 Å². The smallest absolute Gasteiger partial charge is 1.00 e. The fraction of sp³-hybridized carbons (Fsp3) is 0.432. The van der Waals surface area contributed by atoms with Crippen LogP contribution in [0.2, 0.25) is 0 Å². The minimum absolute atomic E-state index is 0. The fourth-order valence-corrected chi connectivity index (χ4v) is 6.27. The van der Waals surface area contributed by atoms with Crippen molar-refractivity contribution in [2.75, 3.05) is 25.1 Å². The third-order valence-corrected chi connectivity index (χ3v) is 8.76. The van der Waals surface area contributed by atoms with Crippen molar-refractivity contribution in [3.05, 3.63) is 95.1 Å². The summed E-state index contributed by atoms with van der Waals surface area (Å²) < 4.78 is 12.9. The van der Waals surface area contributed by atoms with E-state index < -0.39 is 41.2 Å². The Hall–Kier alpha value is -3.06. The van der Waals surface area contributed by atoms with Crippen LogP contribution in [0.1, 0.15) is 74.6 Å². The van der Waals surface area contributed by atoms with Gasteiger partial charge in [-0.25, -0.2) is 9.59 Å². The van der Waals surface area contributed by atoms with Crippen LogP contribution in [0.25, 0.3) is 11.1 Å². The molecule has 1 aliphatic rings. The van der Waals surface area contributed by atoms with Gasteiger partial charge in [0.15, 0.2) is 6.10 Å². The molecule has 0 radical (unpaired) electrons. The summed E-state index contributed by atoms with van der Waals surface area (Å²) in [5.41, 5.74) is 2.94. The predicted octanol–water partition coefficient (Wildman–Crippen LogP) is 3.48. The first-order valence-corrected chi connectivity index (χ1v) is 17.2. The molecule has 3 N–H and O–H groups in total. The molecule has 2 atom stereocenters. The molecule has 2 unspecified atom stereocenters. The Balaban J connectivity index is 0.00000400. The van der Waals surface area contributed by atoms with Crippen molar-refractivity contribution in [3.8, 4) is 11.1 Å². The SMILES string of the molecule is CSCCC(NC(=O)c1ccc(C(OC2(Cc3ccccc3)CCNCC2)C(=O)OC(C)(C)C)cc1-c1ccccc1C)C(=O)O.[H-].[Li+]. The van der Waals surface area contributed by atoms with Gasteiger partial charge in [-0.1, -0.05) is 60.7 Å². The molecule has 0 aromatic heterocycles. The summed E-state index contributed by atoms with van der Waals surface area (Å²) in [6.07, 6.45) is 3.18. The molecule has 10 heteroatoms. The van der Waals surface area contributed by atoms with Crippen molar-refractivity contribution in [1.29, 1.82) is 0 Å². The van der Waals surface area contributed by atoms with E-state index in [4.69, 9.17) is 9.47 Å². The van der Waals surface area contributed by atoms with Gasteiger partial charge in [0.1, 0.15) is 11.6 Å². The summed E-state index contributed by atoms with van der Waals surface area (Å²) in [5, 5.41) is 15.9. The molecule has 1 aliphatic heterocycles. The number of rotatable bonds is 13. The van der Waals surface area contributed by atoms with E-state index in [-0.39, 0.29) is 20.3 Å². The molecule has 1 fully saturated rings. The molecule has 4 rings (SSSR count). The predicted molar refractivity (Wildman–Crippen MR) is 184 cm³/mol. The molecule has 1 heterocycles. The van der Waals surface area contributed by atoms with E-state index in [1.54, 1.807) is 12.1 Å². The minimum atomic E-state index is -1.08. The maximum absolute atomic E-state index is 14.0. The van der Waals surface area contributed by atoms with Gasteiger partial charge >= 0.3 is 30.8 Å². The van der Waals surface area contributed by atoms with Gasteiger partial charge in [-0.2, -0.15) is 11.8 Å². The average Bonchev–Trinajstić information content (AvgIpc) is 3.02. The third-order valence-electron chi connectivity index (χ3n) is 8.11. The molecule has 1 amide bonds. The van der Waals surface area contributed by atoms with E-state index in [1.165, 1.54) is 11.8 Å². The largest absolute Gasteiger partial charge is 1.00 e. The number of carboxylic acids is 1. The van der Waals surface area contributed by atoms with Crippen LogP contribution in [-0.4, -0.2) is 65.3 Å². The number of amides is 1. The molecule has 3 aromatic carbocycles. The molecule has 3 aromatic rings. The molecule has 0 bridgehead atoms. The van der Waals surface area contributed by atoms with Crippen LogP contribution >= 0.6 is 11.8 Å². The molecule has 248 valence electrons. The van der Waals surface area contributed by atoms with Gasteiger partial charge in [-0.05, 0) is 112 Å². The maximum atomic E-state index is 14.0. The second kappa shape index (κ2) is 17.4. The minimum Gasteiger partial charge on any atom is -1.00 e. The van der Waals surface area contributed by atoms with Crippen molar-refractivity contribution in [2.24, 2.45) is 0 Å². The van der Waals surface area contributed by atoms with Crippen molar-refractivity contribution in [3.63, 3.8) is 0 Å². The number of hydrogen-bond acceptors (Lipinski definition) is 7. The summed E-state index contributed by atoms with van der Waals surface area (Å²) in [6, 6.07) is 22.0. The van der Waals surface area contributed by atoms with Crippen LogP contribution in [0, 0.1) is 6.92 Å². The van der Waals surface area contributed by atoms with Gasteiger partial charge in [0, 0.05) is 12.0 Å². The Labute approximate surface area is 296 Å². The maximum Gasteiger partial charge on any atom is 1.00 e. The standard InChI is InChI=1S/C37H46N2O6S.Li.H/c1-25-11-9-10-14-28(25)30-23-27(15-16-29(30)33(40)39-31(34(41)42)17-22-46-5)32(35(43)45-36(2,3)4)44-37(18-20-38-21-19-37)24-26-12-7-6-8-13-26;;/h6-16,23,31-32,38H,17-22,24H2,1-5H3,(H,39,40)(H,41,42);;/q;+1;-1. The Kier molecular flexibility index (Phi) is 14.2. The number of ether oxygens (including phenoxy) is 2. The molecule has 47 heavy (non-hydrogen) atoms. The van der Waals surface area contributed by atoms with Gasteiger partial charge in [-0.15, -0.1) is 0 Å². The molecule has 0 spiro atoms. The molecular formula is C37H47LiN2O6S. The molecule has 0 aliphatic carbocycles. The number of piperidine rings is 1. The number of esters is 1. The third kappa shape index (κ3) is 10.7. The number of aliphatic carboxylic acids is 1. The first-order valence-electron chi connectivity index (χ1n) is 15.8. The number of carbonyl (C=O) groups excluding carboxylic acids is 2. The number of carboxylic acid groups (broad SMARTS) is 1. The Bertz CT molecular complexity index is 1510. The number of carbonyl (C=O) groups is 3. The van der Waals surface area contributed by atoms with Crippen molar-refractivity contribution >= 4 is 29.6 Å². The summed E-state index contributed by atoms with van der Waals surface area (Å²) in [6.45, 7) is 8.94. The van der Waals surface area contributed by atoms with Crippen molar-refractivity contribution < 1.29 is 49.3 Å². The van der Waals surface area contributed by atoms with Gasteiger partial charge < -0.3 is 26.6 Å². The van der Waals surface area contributed by atoms with E-state index in [1.807, 2.05) is 82.5 Å². The van der Waals surface area contributed by atoms with Crippen LogP contribution in [0.5, 0.6) is 0 Å². The summed E-state index contributed by atoms with van der Waals surface area (Å²) >= 11 is 1.52. The zero-order valence-electron chi connectivity index (χ0n) is 29.4. The summed E-state index contributed by atoms with van der Waals surface area (Å²) in [5.74, 6) is -1.49. The van der Waals surface area contributed by atoms with Crippen molar-refractivity contribution in [1.82, 2.24) is 10.6 Å². The molecular weight excluding hydrogens is 607 g/mol. The van der Waals surface area contributed by atoms with E-state index in [9.17, 15) is 19.5 Å². The normalized spacial score (nSPS) is 15.5. The van der Waals surface area contributed by atoms with Gasteiger partial charge in [0.05, 0.1) is 5.60 Å². The van der Waals surface area contributed by atoms with Gasteiger partial charge in [0.2, 0.25) is 0 Å². The van der Waals surface area contributed by atoms with Gasteiger partial charge in [0.25, 0.3) is 5.91 Å². The van der Waals surface area contributed by atoms with E-state index in [0.717, 1.165) is 29.8 Å². The Morgan fingerprint density at radius 3 is 2.28 bits per heavy atom.